The monoisotopic (exact) mass is 305 g/mol. The SMILES string of the molecule is Cl.Cn1cc(Cl)cc1C(=O)NCC1(N)CCCCC1. The molecule has 2 rings (SSSR count). The third-order valence-corrected chi connectivity index (χ3v) is 3.86. The van der Waals surface area contributed by atoms with Crippen LogP contribution in [0.1, 0.15) is 42.6 Å². The Morgan fingerprint density at radius 2 is 2.11 bits per heavy atom. The van der Waals surface area contributed by atoms with Crippen LogP contribution in [-0.4, -0.2) is 22.6 Å². The molecule has 0 aliphatic heterocycles. The maximum atomic E-state index is 12.0. The predicted molar refractivity (Wildman–Crippen MR) is 80.0 cm³/mol. The number of carbonyl (C=O) groups is 1. The van der Waals surface area contributed by atoms with Crippen molar-refractivity contribution in [3.05, 3.63) is 23.0 Å². The number of hydrogen-bond acceptors (Lipinski definition) is 2. The van der Waals surface area contributed by atoms with Crippen molar-refractivity contribution in [1.29, 1.82) is 0 Å². The average molecular weight is 306 g/mol. The van der Waals surface area contributed by atoms with E-state index in [0.717, 1.165) is 25.7 Å². The second-order valence-corrected chi connectivity index (χ2v) is 5.70. The lowest BCUT2D eigenvalue weighted by Crippen LogP contribution is -2.51. The molecule has 19 heavy (non-hydrogen) atoms. The number of aromatic nitrogens is 1. The zero-order valence-corrected chi connectivity index (χ0v) is 12.7. The third kappa shape index (κ3) is 4.13. The van der Waals surface area contributed by atoms with E-state index in [9.17, 15) is 4.79 Å². The van der Waals surface area contributed by atoms with E-state index in [4.69, 9.17) is 17.3 Å². The minimum absolute atomic E-state index is 0. The molecule has 1 aromatic heterocycles. The first kappa shape index (κ1) is 16.3. The molecular formula is C13H21Cl2N3O. The largest absolute Gasteiger partial charge is 0.349 e. The Bertz CT molecular complexity index is 439. The molecule has 0 bridgehead atoms. The summed E-state index contributed by atoms with van der Waals surface area (Å²) in [4.78, 5) is 12.0. The molecule has 0 radical (unpaired) electrons. The van der Waals surface area contributed by atoms with Crippen LogP contribution in [0.4, 0.5) is 0 Å². The number of aryl methyl sites for hydroxylation is 1. The summed E-state index contributed by atoms with van der Waals surface area (Å²) in [5.74, 6) is -0.111. The van der Waals surface area contributed by atoms with Crippen molar-refractivity contribution in [2.45, 2.75) is 37.6 Å². The smallest absolute Gasteiger partial charge is 0.268 e. The molecule has 1 aromatic rings. The fraction of sp³-hybridized carbons (Fsp3) is 0.615. The molecule has 0 saturated heterocycles. The molecule has 1 fully saturated rings. The van der Waals surface area contributed by atoms with Gasteiger partial charge < -0.3 is 15.6 Å². The van der Waals surface area contributed by atoms with Crippen LogP contribution in [0.15, 0.2) is 12.3 Å². The van der Waals surface area contributed by atoms with Crippen LogP contribution < -0.4 is 11.1 Å². The molecule has 6 heteroatoms. The van der Waals surface area contributed by atoms with Gasteiger partial charge in [-0.3, -0.25) is 4.79 Å². The molecule has 1 amide bonds. The van der Waals surface area contributed by atoms with E-state index in [1.54, 1.807) is 23.9 Å². The molecule has 1 aliphatic rings. The van der Waals surface area contributed by atoms with Crippen LogP contribution in [0.2, 0.25) is 5.02 Å². The van der Waals surface area contributed by atoms with Gasteiger partial charge in [-0.05, 0) is 18.9 Å². The Kier molecular flexibility index (Phi) is 5.71. The quantitative estimate of drug-likeness (QED) is 0.901. The molecule has 0 aromatic carbocycles. The molecule has 4 nitrogen and oxygen atoms in total. The highest BCUT2D eigenvalue weighted by molar-refractivity contribution is 6.31. The summed E-state index contributed by atoms with van der Waals surface area (Å²) < 4.78 is 1.72. The van der Waals surface area contributed by atoms with Gasteiger partial charge >= 0.3 is 0 Å². The number of carbonyl (C=O) groups excluding carboxylic acids is 1. The summed E-state index contributed by atoms with van der Waals surface area (Å²) in [5, 5.41) is 3.49. The number of nitrogens with two attached hydrogens (primary N) is 1. The summed E-state index contributed by atoms with van der Waals surface area (Å²) in [6, 6.07) is 1.67. The Morgan fingerprint density at radius 3 is 2.63 bits per heavy atom. The Balaban J connectivity index is 0.00000180. The van der Waals surface area contributed by atoms with E-state index in [2.05, 4.69) is 5.32 Å². The highest BCUT2D eigenvalue weighted by Crippen LogP contribution is 2.25. The van der Waals surface area contributed by atoms with Gasteiger partial charge in [-0.15, -0.1) is 12.4 Å². The van der Waals surface area contributed by atoms with Crippen molar-refractivity contribution in [3.8, 4) is 0 Å². The fourth-order valence-electron chi connectivity index (χ4n) is 2.53. The van der Waals surface area contributed by atoms with Gasteiger partial charge in [0.1, 0.15) is 5.69 Å². The lowest BCUT2D eigenvalue weighted by atomic mass is 9.82. The number of halogens is 2. The number of rotatable bonds is 3. The van der Waals surface area contributed by atoms with Gasteiger partial charge in [-0.1, -0.05) is 30.9 Å². The standard InChI is InChI=1S/C13H20ClN3O.ClH/c1-17-8-10(14)7-11(17)12(18)16-9-13(15)5-3-2-4-6-13;/h7-8H,2-6,9,15H2,1H3,(H,16,18);1H. The van der Waals surface area contributed by atoms with E-state index < -0.39 is 0 Å². The van der Waals surface area contributed by atoms with Gasteiger partial charge in [-0.25, -0.2) is 0 Å². The van der Waals surface area contributed by atoms with Crippen molar-refractivity contribution in [3.63, 3.8) is 0 Å². The molecule has 108 valence electrons. The van der Waals surface area contributed by atoms with E-state index >= 15 is 0 Å². The molecule has 0 atom stereocenters. The average Bonchev–Trinajstić information content (AvgIpc) is 2.67. The van der Waals surface area contributed by atoms with Gasteiger partial charge in [0.05, 0.1) is 5.02 Å². The van der Waals surface area contributed by atoms with Crippen LogP contribution in [0.3, 0.4) is 0 Å². The van der Waals surface area contributed by atoms with Crippen molar-refractivity contribution >= 4 is 29.9 Å². The number of nitrogens with one attached hydrogen (secondary N) is 1. The maximum absolute atomic E-state index is 12.0. The Hall–Kier alpha value is -0.710. The minimum Gasteiger partial charge on any atom is -0.349 e. The van der Waals surface area contributed by atoms with Gasteiger partial charge in [0.2, 0.25) is 0 Å². The maximum Gasteiger partial charge on any atom is 0.268 e. The third-order valence-electron chi connectivity index (χ3n) is 3.65. The zero-order valence-electron chi connectivity index (χ0n) is 11.1. The first-order chi connectivity index (χ1) is 8.50. The van der Waals surface area contributed by atoms with Crippen LogP contribution in [0.5, 0.6) is 0 Å². The normalized spacial score (nSPS) is 17.6. The number of amides is 1. The lowest BCUT2D eigenvalue weighted by molar-refractivity contribution is 0.0929. The first-order valence-electron chi connectivity index (χ1n) is 6.39. The summed E-state index contributed by atoms with van der Waals surface area (Å²) in [5.41, 5.74) is 6.62. The van der Waals surface area contributed by atoms with Gasteiger partial charge in [0, 0.05) is 25.3 Å². The highest BCUT2D eigenvalue weighted by Gasteiger charge is 2.28. The number of nitrogens with zero attached hydrogens (tertiary/aromatic N) is 1. The zero-order chi connectivity index (χ0) is 13.2. The van der Waals surface area contributed by atoms with Crippen molar-refractivity contribution in [2.24, 2.45) is 12.8 Å². The van der Waals surface area contributed by atoms with Crippen molar-refractivity contribution < 1.29 is 4.79 Å². The molecular weight excluding hydrogens is 285 g/mol. The van der Waals surface area contributed by atoms with E-state index in [0.29, 0.717) is 17.3 Å². The van der Waals surface area contributed by atoms with E-state index in [1.807, 2.05) is 0 Å². The topological polar surface area (TPSA) is 60.0 Å². The van der Waals surface area contributed by atoms with E-state index in [-0.39, 0.29) is 23.9 Å². The second-order valence-electron chi connectivity index (χ2n) is 5.26. The Labute approximate surface area is 125 Å². The summed E-state index contributed by atoms with van der Waals surface area (Å²) >= 11 is 5.86. The van der Waals surface area contributed by atoms with Gasteiger partial charge in [-0.2, -0.15) is 0 Å². The summed E-state index contributed by atoms with van der Waals surface area (Å²) in [6.45, 7) is 0.536. The van der Waals surface area contributed by atoms with Gasteiger partial charge in [0.25, 0.3) is 5.91 Å². The minimum atomic E-state index is -0.233. The lowest BCUT2D eigenvalue weighted by Gasteiger charge is -2.33. The van der Waals surface area contributed by atoms with Crippen LogP contribution in [0.25, 0.3) is 0 Å². The predicted octanol–water partition coefficient (Wildman–Crippen LogP) is 2.49. The molecule has 0 spiro atoms. The molecule has 0 unspecified atom stereocenters. The Morgan fingerprint density at radius 1 is 1.47 bits per heavy atom. The van der Waals surface area contributed by atoms with Crippen LogP contribution >= 0.6 is 24.0 Å². The molecule has 1 heterocycles. The summed E-state index contributed by atoms with van der Waals surface area (Å²) in [7, 11) is 1.81. The van der Waals surface area contributed by atoms with Crippen molar-refractivity contribution in [1.82, 2.24) is 9.88 Å². The first-order valence-corrected chi connectivity index (χ1v) is 6.77. The highest BCUT2D eigenvalue weighted by atomic mass is 35.5. The molecule has 1 saturated carbocycles. The summed E-state index contributed by atoms with van der Waals surface area (Å²) in [6.07, 6.45) is 7.25. The second kappa shape index (κ2) is 6.64. The van der Waals surface area contributed by atoms with Crippen molar-refractivity contribution in [2.75, 3.05) is 6.54 Å². The van der Waals surface area contributed by atoms with Gasteiger partial charge in [0.15, 0.2) is 0 Å². The molecule has 3 N–H and O–H groups in total. The molecule has 1 aliphatic carbocycles. The van der Waals surface area contributed by atoms with E-state index in [1.165, 1.54) is 6.42 Å². The van der Waals surface area contributed by atoms with Crippen LogP contribution in [0, 0.1) is 0 Å². The van der Waals surface area contributed by atoms with Crippen LogP contribution in [-0.2, 0) is 7.05 Å². The number of hydrogen-bond donors (Lipinski definition) is 2. The fourth-order valence-corrected chi connectivity index (χ4v) is 2.78.